The van der Waals surface area contributed by atoms with Gasteiger partial charge in [-0.1, -0.05) is 26.0 Å². The van der Waals surface area contributed by atoms with Gasteiger partial charge in [0.05, 0.1) is 14.2 Å². The molecule has 0 saturated heterocycles. The highest BCUT2D eigenvalue weighted by Crippen LogP contribution is 2.32. The van der Waals surface area contributed by atoms with Crippen LogP contribution in [0, 0.1) is 11.8 Å². The van der Waals surface area contributed by atoms with E-state index in [9.17, 15) is 0 Å². The van der Waals surface area contributed by atoms with Gasteiger partial charge in [0, 0.05) is 18.2 Å². The molecule has 0 heterocycles. The average molecular weight is 277 g/mol. The summed E-state index contributed by atoms with van der Waals surface area (Å²) in [4.78, 5) is 0. The molecule has 1 aliphatic carbocycles. The highest BCUT2D eigenvalue weighted by molar-refractivity contribution is 5.46. The topological polar surface area (TPSA) is 30.5 Å². The Morgan fingerprint density at radius 1 is 1.05 bits per heavy atom. The van der Waals surface area contributed by atoms with Gasteiger partial charge in [0.2, 0.25) is 0 Å². The summed E-state index contributed by atoms with van der Waals surface area (Å²) in [5, 5.41) is 3.69. The third-order valence-corrected chi connectivity index (χ3v) is 4.24. The fourth-order valence-corrected chi connectivity index (χ4v) is 3.46. The SMILES string of the molecule is COc1cccc(CNC2CC(C)CC(C)C2)c1OC. The smallest absolute Gasteiger partial charge is 0.165 e. The van der Waals surface area contributed by atoms with Crippen molar-refractivity contribution in [2.45, 2.75) is 45.7 Å². The van der Waals surface area contributed by atoms with Crippen LogP contribution in [0.25, 0.3) is 0 Å². The summed E-state index contributed by atoms with van der Waals surface area (Å²) in [6.45, 7) is 5.55. The van der Waals surface area contributed by atoms with Crippen LogP contribution in [0.3, 0.4) is 0 Å². The summed E-state index contributed by atoms with van der Waals surface area (Å²) in [6, 6.07) is 6.67. The normalized spacial score (nSPS) is 26.3. The molecule has 1 aromatic carbocycles. The van der Waals surface area contributed by atoms with Crippen molar-refractivity contribution in [3.05, 3.63) is 23.8 Å². The summed E-state index contributed by atoms with van der Waals surface area (Å²) in [5.74, 6) is 3.29. The van der Waals surface area contributed by atoms with Gasteiger partial charge in [-0.3, -0.25) is 0 Å². The minimum atomic E-state index is 0.615. The number of methoxy groups -OCH3 is 2. The molecule has 3 heteroatoms. The highest BCUT2D eigenvalue weighted by atomic mass is 16.5. The lowest BCUT2D eigenvalue weighted by atomic mass is 9.80. The molecule has 1 saturated carbocycles. The van der Waals surface area contributed by atoms with E-state index >= 15 is 0 Å². The second-order valence-electron chi connectivity index (χ2n) is 6.15. The Balaban J connectivity index is 2.00. The van der Waals surface area contributed by atoms with E-state index in [2.05, 4.69) is 25.2 Å². The molecule has 112 valence electrons. The molecule has 0 amide bonds. The molecule has 2 unspecified atom stereocenters. The van der Waals surface area contributed by atoms with Gasteiger partial charge in [-0.25, -0.2) is 0 Å². The minimum absolute atomic E-state index is 0.615. The van der Waals surface area contributed by atoms with Gasteiger partial charge < -0.3 is 14.8 Å². The first-order valence-corrected chi connectivity index (χ1v) is 7.57. The van der Waals surface area contributed by atoms with Crippen molar-refractivity contribution in [3.63, 3.8) is 0 Å². The van der Waals surface area contributed by atoms with Gasteiger partial charge >= 0.3 is 0 Å². The van der Waals surface area contributed by atoms with Gasteiger partial charge in [0.15, 0.2) is 11.5 Å². The first-order chi connectivity index (χ1) is 9.63. The van der Waals surface area contributed by atoms with Crippen LogP contribution in [-0.2, 0) is 6.54 Å². The maximum atomic E-state index is 5.48. The first kappa shape index (κ1) is 15.2. The van der Waals surface area contributed by atoms with Gasteiger partial charge in [0.1, 0.15) is 0 Å². The predicted molar refractivity (Wildman–Crippen MR) is 82.4 cm³/mol. The molecule has 1 N–H and O–H groups in total. The van der Waals surface area contributed by atoms with Crippen molar-refractivity contribution in [2.24, 2.45) is 11.8 Å². The third-order valence-electron chi connectivity index (χ3n) is 4.24. The number of hydrogen-bond acceptors (Lipinski definition) is 3. The maximum absolute atomic E-state index is 5.48. The summed E-state index contributed by atoms with van der Waals surface area (Å²) < 4.78 is 10.8. The minimum Gasteiger partial charge on any atom is -0.493 e. The van der Waals surface area contributed by atoms with Gasteiger partial charge in [-0.15, -0.1) is 0 Å². The summed E-state index contributed by atoms with van der Waals surface area (Å²) in [7, 11) is 3.38. The van der Waals surface area contributed by atoms with Crippen LogP contribution < -0.4 is 14.8 Å². The van der Waals surface area contributed by atoms with Crippen molar-refractivity contribution in [1.29, 1.82) is 0 Å². The molecule has 0 aliphatic heterocycles. The summed E-state index contributed by atoms with van der Waals surface area (Å²) in [6.07, 6.45) is 3.91. The molecule has 0 spiro atoms. The van der Waals surface area contributed by atoms with Crippen LogP contribution in [0.1, 0.15) is 38.7 Å². The van der Waals surface area contributed by atoms with E-state index in [1.54, 1.807) is 14.2 Å². The molecule has 1 aromatic rings. The van der Waals surface area contributed by atoms with Gasteiger partial charge in [0.25, 0.3) is 0 Å². The molecular weight excluding hydrogens is 250 g/mol. The Morgan fingerprint density at radius 3 is 2.35 bits per heavy atom. The number of para-hydroxylation sites is 1. The average Bonchev–Trinajstić information content (AvgIpc) is 2.43. The van der Waals surface area contributed by atoms with Crippen LogP contribution >= 0.6 is 0 Å². The highest BCUT2D eigenvalue weighted by Gasteiger charge is 2.23. The lowest BCUT2D eigenvalue weighted by Gasteiger charge is -2.32. The molecule has 0 aromatic heterocycles. The van der Waals surface area contributed by atoms with Crippen molar-refractivity contribution >= 4 is 0 Å². The van der Waals surface area contributed by atoms with E-state index in [0.29, 0.717) is 6.04 Å². The number of ether oxygens (including phenoxy) is 2. The molecular formula is C17H27NO2. The fraction of sp³-hybridized carbons (Fsp3) is 0.647. The largest absolute Gasteiger partial charge is 0.493 e. The van der Waals surface area contributed by atoms with Crippen LogP contribution in [0.5, 0.6) is 11.5 Å². The Labute approximate surface area is 122 Å². The zero-order valence-electron chi connectivity index (χ0n) is 13.1. The van der Waals surface area contributed by atoms with E-state index in [1.165, 1.54) is 19.3 Å². The Kier molecular flexibility index (Phi) is 5.30. The predicted octanol–water partition coefficient (Wildman–Crippen LogP) is 3.62. The van der Waals surface area contributed by atoms with Crippen molar-refractivity contribution < 1.29 is 9.47 Å². The number of nitrogens with one attached hydrogen (secondary N) is 1. The van der Waals surface area contributed by atoms with E-state index in [0.717, 1.165) is 35.4 Å². The zero-order valence-corrected chi connectivity index (χ0v) is 13.1. The Bertz CT molecular complexity index is 423. The first-order valence-electron chi connectivity index (χ1n) is 7.57. The lowest BCUT2D eigenvalue weighted by Crippen LogP contribution is -2.35. The molecule has 1 fully saturated rings. The standard InChI is InChI=1S/C17H27NO2/c1-12-8-13(2)10-15(9-12)18-11-14-6-5-7-16(19-3)17(14)20-4/h5-7,12-13,15,18H,8-11H2,1-4H3. The summed E-state index contributed by atoms with van der Waals surface area (Å²) >= 11 is 0. The molecule has 2 atom stereocenters. The molecule has 3 nitrogen and oxygen atoms in total. The summed E-state index contributed by atoms with van der Waals surface area (Å²) in [5.41, 5.74) is 1.16. The molecule has 20 heavy (non-hydrogen) atoms. The second-order valence-corrected chi connectivity index (χ2v) is 6.15. The molecule has 0 radical (unpaired) electrons. The molecule has 1 aliphatic rings. The van der Waals surface area contributed by atoms with Gasteiger partial charge in [-0.2, -0.15) is 0 Å². The Hall–Kier alpha value is -1.22. The van der Waals surface area contributed by atoms with Gasteiger partial charge in [-0.05, 0) is 37.2 Å². The van der Waals surface area contributed by atoms with Crippen molar-refractivity contribution in [2.75, 3.05) is 14.2 Å². The molecule has 0 bridgehead atoms. The monoisotopic (exact) mass is 277 g/mol. The van der Waals surface area contributed by atoms with Crippen LogP contribution in [0.15, 0.2) is 18.2 Å². The molecule has 2 rings (SSSR count). The quantitative estimate of drug-likeness (QED) is 0.891. The maximum Gasteiger partial charge on any atom is 0.165 e. The van der Waals surface area contributed by atoms with E-state index in [1.807, 2.05) is 12.1 Å². The van der Waals surface area contributed by atoms with Crippen LogP contribution in [0.4, 0.5) is 0 Å². The van der Waals surface area contributed by atoms with Crippen molar-refractivity contribution in [3.8, 4) is 11.5 Å². The van der Waals surface area contributed by atoms with Crippen LogP contribution in [-0.4, -0.2) is 20.3 Å². The Morgan fingerprint density at radius 2 is 1.75 bits per heavy atom. The van der Waals surface area contributed by atoms with E-state index in [-0.39, 0.29) is 0 Å². The fourth-order valence-electron chi connectivity index (χ4n) is 3.46. The number of hydrogen-bond donors (Lipinski definition) is 1. The third kappa shape index (κ3) is 3.66. The number of rotatable bonds is 5. The van der Waals surface area contributed by atoms with E-state index < -0.39 is 0 Å². The van der Waals surface area contributed by atoms with Crippen LogP contribution in [0.2, 0.25) is 0 Å². The second kappa shape index (κ2) is 6.98. The van der Waals surface area contributed by atoms with Crippen molar-refractivity contribution in [1.82, 2.24) is 5.32 Å². The zero-order chi connectivity index (χ0) is 14.5. The van der Waals surface area contributed by atoms with E-state index in [4.69, 9.17) is 9.47 Å². The lowest BCUT2D eigenvalue weighted by molar-refractivity contribution is 0.237. The number of benzene rings is 1.